The van der Waals surface area contributed by atoms with Gasteiger partial charge in [0.05, 0.1) is 13.2 Å². The summed E-state index contributed by atoms with van der Waals surface area (Å²) in [5.41, 5.74) is 5.40. The quantitative estimate of drug-likeness (QED) is 0.126. The first-order valence-corrected chi connectivity index (χ1v) is 13.1. The molecule has 1 saturated heterocycles. The zero-order valence-corrected chi connectivity index (χ0v) is 19.8. The highest BCUT2D eigenvalue weighted by Gasteiger charge is 2.48. The summed E-state index contributed by atoms with van der Waals surface area (Å²) >= 11 is 0. The average Bonchev–Trinajstić information content (AvgIpc) is 3.22. The topological polar surface area (TPSA) is 244 Å². The predicted octanol–water partition coefficient (Wildman–Crippen LogP) is -1.37. The number of H-pyrrole nitrogens is 1. The van der Waals surface area contributed by atoms with Crippen LogP contribution in [0.5, 0.6) is 0 Å². The van der Waals surface area contributed by atoms with Crippen LogP contribution in [-0.4, -0.2) is 64.3 Å². The molecule has 5 atom stereocenters. The van der Waals surface area contributed by atoms with Crippen molar-refractivity contribution in [3.63, 3.8) is 0 Å². The number of aliphatic hydroxyl groups is 2. The van der Waals surface area contributed by atoms with E-state index in [4.69, 9.17) is 20.3 Å². The number of ether oxygens (including phenoxy) is 1. The summed E-state index contributed by atoms with van der Waals surface area (Å²) in [5.74, 6) is -0.772. The maximum absolute atomic E-state index is 13.7. The fraction of sp³-hybridized carbons (Fsp3) is 0.353. The molecule has 0 bridgehead atoms. The first kappa shape index (κ1) is 26.5. The summed E-state index contributed by atoms with van der Waals surface area (Å²) < 4.78 is 52.4. The number of nitrogens with two attached hydrogens (primary N) is 1. The predicted molar refractivity (Wildman–Crippen MR) is 115 cm³/mol. The monoisotopic (exact) mass is 552 g/mol. The van der Waals surface area contributed by atoms with E-state index in [9.17, 15) is 33.4 Å². The standard InChI is InChI=1S/C17H20FN5O11P2/c18-9-3-1-2-8(4-9)5-22-7-23(14-11(22)15(26)21-17(19)20-14)16-13(25)12(24)10(33-16)6-32-36(30,31)34-35(27,28)29/h1-4,7,10,12-13,16,24-25H,5-6H2,(H5-,19,20,21,26,27,28,29,30,31)/p+1/t10-,12-,13-,16-/m1/s1. The van der Waals surface area contributed by atoms with Crippen molar-refractivity contribution in [2.45, 2.75) is 31.1 Å². The molecule has 0 saturated carbocycles. The van der Waals surface area contributed by atoms with Crippen LogP contribution in [0, 0.1) is 5.82 Å². The van der Waals surface area contributed by atoms with Gasteiger partial charge >= 0.3 is 21.3 Å². The lowest BCUT2D eigenvalue weighted by atomic mass is 10.1. The fourth-order valence-corrected chi connectivity index (χ4v) is 5.33. The second-order valence-corrected chi connectivity index (χ2v) is 10.6. The maximum Gasteiger partial charge on any atom is 0.481 e. The Morgan fingerprint density at radius 2 is 1.97 bits per heavy atom. The number of phosphoric ester groups is 1. The van der Waals surface area contributed by atoms with E-state index in [0.717, 1.165) is 0 Å². The highest BCUT2D eigenvalue weighted by molar-refractivity contribution is 7.60. The molecule has 3 heterocycles. The number of benzene rings is 1. The van der Waals surface area contributed by atoms with Gasteiger partial charge in [0.2, 0.25) is 11.7 Å². The number of hydrogen-bond acceptors (Lipinski definition) is 10. The highest BCUT2D eigenvalue weighted by Crippen LogP contribution is 2.57. The SMILES string of the molecule is Nc1nc2c(c(=O)[nH]1)n(Cc1cccc(F)c1)c[n+]2[C@@H]1O[C@H](COP(=O)(O)OP(=O)(O)O)[C@@H](O)[C@H]1O. The first-order valence-electron chi connectivity index (χ1n) is 10.0. The Morgan fingerprint density at radius 1 is 1.25 bits per heavy atom. The molecule has 0 amide bonds. The Morgan fingerprint density at radius 3 is 2.64 bits per heavy atom. The van der Waals surface area contributed by atoms with Gasteiger partial charge in [-0.05, 0) is 17.7 Å². The minimum Gasteiger partial charge on any atom is -0.387 e. The second-order valence-electron chi connectivity index (χ2n) is 7.79. The third-order valence-corrected chi connectivity index (χ3v) is 7.31. The lowest BCUT2D eigenvalue weighted by molar-refractivity contribution is -0.745. The van der Waals surface area contributed by atoms with Gasteiger partial charge in [0.25, 0.3) is 11.5 Å². The summed E-state index contributed by atoms with van der Waals surface area (Å²) in [4.78, 5) is 45.8. The smallest absolute Gasteiger partial charge is 0.387 e. The number of aromatic amines is 1. The molecule has 3 aromatic rings. The third-order valence-electron chi connectivity index (χ3n) is 5.16. The highest BCUT2D eigenvalue weighted by atomic mass is 31.3. The summed E-state index contributed by atoms with van der Waals surface area (Å²) in [6, 6.07) is 5.59. The van der Waals surface area contributed by atoms with E-state index in [1.165, 1.54) is 33.7 Å². The largest absolute Gasteiger partial charge is 0.481 e. The van der Waals surface area contributed by atoms with E-state index in [1.807, 2.05) is 0 Å². The van der Waals surface area contributed by atoms with Crippen LogP contribution in [-0.2, 0) is 29.2 Å². The number of nitrogen functional groups attached to an aromatic ring is 1. The molecule has 19 heteroatoms. The van der Waals surface area contributed by atoms with E-state index in [0.29, 0.717) is 5.56 Å². The minimum atomic E-state index is -5.38. The van der Waals surface area contributed by atoms with Crippen molar-refractivity contribution in [1.82, 2.24) is 14.5 Å². The summed E-state index contributed by atoms with van der Waals surface area (Å²) in [7, 11) is -10.6. The van der Waals surface area contributed by atoms with Crippen molar-refractivity contribution in [2.75, 3.05) is 12.3 Å². The molecule has 0 spiro atoms. The van der Waals surface area contributed by atoms with Gasteiger partial charge in [-0.3, -0.25) is 18.9 Å². The fourth-order valence-electron chi connectivity index (χ4n) is 3.73. The summed E-state index contributed by atoms with van der Waals surface area (Å²) in [5, 5.41) is 21.0. The molecule has 1 aromatic carbocycles. The van der Waals surface area contributed by atoms with Crippen molar-refractivity contribution < 1.29 is 56.6 Å². The number of aliphatic hydroxyl groups excluding tert-OH is 2. The third kappa shape index (κ3) is 5.71. The molecule has 1 aliphatic rings. The molecule has 2 aromatic heterocycles. The van der Waals surface area contributed by atoms with Gasteiger partial charge in [0.1, 0.15) is 24.1 Å². The van der Waals surface area contributed by atoms with Crippen LogP contribution in [0.15, 0.2) is 35.4 Å². The van der Waals surface area contributed by atoms with Crippen molar-refractivity contribution in [3.05, 3.63) is 52.3 Å². The number of aromatic nitrogens is 4. The molecule has 8 N–H and O–H groups in total. The number of nitrogens with zero attached hydrogens (tertiary/aromatic N) is 3. The number of hydrogen-bond donors (Lipinski definition) is 7. The van der Waals surface area contributed by atoms with Crippen LogP contribution in [0.3, 0.4) is 0 Å². The van der Waals surface area contributed by atoms with E-state index in [1.54, 1.807) is 6.07 Å². The van der Waals surface area contributed by atoms with Gasteiger partial charge in [0.15, 0.2) is 6.33 Å². The molecule has 16 nitrogen and oxygen atoms in total. The Hall–Kier alpha value is -2.56. The minimum absolute atomic E-state index is 0.00125. The van der Waals surface area contributed by atoms with Gasteiger partial charge in [-0.25, -0.2) is 18.1 Å². The zero-order chi connectivity index (χ0) is 26.4. The molecule has 196 valence electrons. The van der Waals surface area contributed by atoms with Gasteiger partial charge in [-0.1, -0.05) is 17.1 Å². The Balaban J connectivity index is 1.65. The molecular weight excluding hydrogens is 531 g/mol. The van der Waals surface area contributed by atoms with Gasteiger partial charge in [0, 0.05) is 0 Å². The number of rotatable bonds is 8. The average molecular weight is 552 g/mol. The lowest BCUT2D eigenvalue weighted by Gasteiger charge is -2.17. The number of nitrogens with one attached hydrogen (secondary N) is 1. The number of anilines is 1. The van der Waals surface area contributed by atoms with E-state index >= 15 is 0 Å². The van der Waals surface area contributed by atoms with Crippen LogP contribution in [0.4, 0.5) is 10.3 Å². The molecular formula is C17H21FN5O11P2+. The van der Waals surface area contributed by atoms with Crippen LogP contribution >= 0.6 is 15.6 Å². The molecule has 0 radical (unpaired) electrons. The normalized spacial score (nSPS) is 24.3. The van der Waals surface area contributed by atoms with E-state index < -0.39 is 58.2 Å². The van der Waals surface area contributed by atoms with Gasteiger partial charge in [-0.15, -0.1) is 0 Å². The summed E-state index contributed by atoms with van der Waals surface area (Å²) in [6.45, 7) is -0.914. The number of fused-ring (bicyclic) bond motifs is 1. The summed E-state index contributed by atoms with van der Waals surface area (Å²) in [6.07, 6.45) is -4.97. The van der Waals surface area contributed by atoms with Crippen LogP contribution in [0.25, 0.3) is 11.2 Å². The van der Waals surface area contributed by atoms with Crippen molar-refractivity contribution in [3.8, 4) is 0 Å². The van der Waals surface area contributed by atoms with Crippen molar-refractivity contribution in [1.29, 1.82) is 0 Å². The molecule has 1 fully saturated rings. The van der Waals surface area contributed by atoms with E-state index in [2.05, 4.69) is 18.8 Å². The Kier molecular flexibility index (Phi) is 7.15. The van der Waals surface area contributed by atoms with Crippen molar-refractivity contribution in [2.24, 2.45) is 0 Å². The molecule has 4 rings (SSSR count). The molecule has 36 heavy (non-hydrogen) atoms. The molecule has 1 aliphatic heterocycles. The number of phosphoric acid groups is 2. The van der Waals surface area contributed by atoms with E-state index in [-0.39, 0.29) is 23.7 Å². The molecule has 0 aliphatic carbocycles. The van der Waals surface area contributed by atoms with Crippen molar-refractivity contribution >= 4 is 32.8 Å². The Bertz CT molecular complexity index is 1440. The lowest BCUT2D eigenvalue weighted by Crippen LogP contribution is -2.46. The first-order chi connectivity index (χ1) is 16.7. The molecule has 1 unspecified atom stereocenters. The second kappa shape index (κ2) is 9.72. The number of imidazole rings is 1. The van der Waals surface area contributed by atoms with Crippen LogP contribution < -0.4 is 15.9 Å². The van der Waals surface area contributed by atoms with Crippen LogP contribution in [0.1, 0.15) is 11.8 Å². The maximum atomic E-state index is 13.7. The van der Waals surface area contributed by atoms with Crippen LogP contribution in [0.2, 0.25) is 0 Å². The Labute approximate surface area is 200 Å². The number of halogens is 1. The van der Waals surface area contributed by atoms with Gasteiger partial charge in [-0.2, -0.15) is 4.31 Å². The zero-order valence-electron chi connectivity index (χ0n) is 18.0. The van der Waals surface area contributed by atoms with Gasteiger partial charge < -0.3 is 35.4 Å².